The Hall–Kier alpha value is -1.34. The van der Waals surface area contributed by atoms with Crippen molar-refractivity contribution in [1.29, 1.82) is 0 Å². The van der Waals surface area contributed by atoms with Crippen molar-refractivity contribution < 1.29 is 18.0 Å². The Morgan fingerprint density at radius 2 is 1.55 bits per heavy atom. The van der Waals surface area contributed by atoms with Crippen molar-refractivity contribution in [3.05, 3.63) is 62.3 Å². The summed E-state index contributed by atoms with van der Waals surface area (Å²) in [6.45, 7) is 0. The Balaban J connectivity index is 2.27. The average Bonchev–Trinajstić information content (AvgIpc) is 2.39. The minimum Gasteiger partial charge on any atom is -0.319 e. The highest BCUT2D eigenvalue weighted by Gasteiger charge is 2.13. The molecule has 0 unspecified atom stereocenters. The van der Waals surface area contributed by atoms with Crippen LogP contribution in [0.4, 0.5) is 18.9 Å². The van der Waals surface area contributed by atoms with Crippen LogP contribution in [0.3, 0.4) is 0 Å². The molecule has 1 N–H and O–H groups in total. The molecule has 0 radical (unpaired) electrons. The Labute approximate surface area is 129 Å². The Morgan fingerprint density at radius 3 is 2.20 bits per heavy atom. The number of carbonyl (C=O) groups is 1. The van der Waals surface area contributed by atoms with Crippen LogP contribution in [0.25, 0.3) is 0 Å². The van der Waals surface area contributed by atoms with Gasteiger partial charge < -0.3 is 5.32 Å². The molecular formula is C13H6Br2F3NO. The van der Waals surface area contributed by atoms with Gasteiger partial charge in [-0.05, 0) is 56.1 Å². The van der Waals surface area contributed by atoms with Gasteiger partial charge in [-0.25, -0.2) is 13.2 Å². The van der Waals surface area contributed by atoms with Crippen molar-refractivity contribution in [2.75, 3.05) is 5.32 Å². The van der Waals surface area contributed by atoms with Gasteiger partial charge in [0.2, 0.25) is 0 Å². The van der Waals surface area contributed by atoms with E-state index in [-0.39, 0.29) is 20.2 Å². The summed E-state index contributed by atoms with van der Waals surface area (Å²) >= 11 is 5.85. The number of hydrogen-bond acceptors (Lipinski definition) is 1. The van der Waals surface area contributed by atoms with Crippen LogP contribution in [0, 0.1) is 17.5 Å². The van der Waals surface area contributed by atoms with E-state index in [0.717, 1.165) is 12.1 Å². The number of hydrogen-bond donors (Lipinski definition) is 1. The third-order valence-electron chi connectivity index (χ3n) is 2.44. The second-order valence-electron chi connectivity index (χ2n) is 3.83. The maximum atomic E-state index is 13.5. The summed E-state index contributed by atoms with van der Waals surface area (Å²) in [6.07, 6.45) is 0. The summed E-state index contributed by atoms with van der Waals surface area (Å²) in [5, 5.41) is 2.25. The molecule has 2 aromatic carbocycles. The minimum absolute atomic E-state index is 0.0104. The van der Waals surface area contributed by atoms with Crippen molar-refractivity contribution in [3.8, 4) is 0 Å². The highest BCUT2D eigenvalue weighted by atomic mass is 79.9. The molecule has 0 saturated carbocycles. The molecular weight excluding hydrogens is 403 g/mol. The lowest BCUT2D eigenvalue weighted by atomic mass is 10.2. The van der Waals surface area contributed by atoms with Crippen molar-refractivity contribution >= 4 is 43.5 Å². The monoisotopic (exact) mass is 407 g/mol. The molecule has 0 bridgehead atoms. The van der Waals surface area contributed by atoms with Crippen LogP contribution in [0.1, 0.15) is 10.4 Å². The summed E-state index contributed by atoms with van der Waals surface area (Å²) in [7, 11) is 0. The van der Waals surface area contributed by atoms with E-state index in [0.29, 0.717) is 6.07 Å². The minimum atomic E-state index is -0.920. The van der Waals surface area contributed by atoms with Gasteiger partial charge >= 0.3 is 0 Å². The predicted molar refractivity (Wildman–Crippen MR) is 76.1 cm³/mol. The van der Waals surface area contributed by atoms with Gasteiger partial charge in [0, 0.05) is 11.6 Å². The fraction of sp³-hybridized carbons (Fsp3) is 0. The van der Waals surface area contributed by atoms with Gasteiger partial charge in [0.05, 0.1) is 14.6 Å². The Morgan fingerprint density at radius 1 is 0.900 bits per heavy atom. The van der Waals surface area contributed by atoms with E-state index in [2.05, 4.69) is 37.2 Å². The summed E-state index contributed by atoms with van der Waals surface area (Å²) in [4.78, 5) is 11.9. The smallest absolute Gasteiger partial charge is 0.255 e. The highest BCUT2D eigenvalue weighted by molar-refractivity contribution is 9.10. The molecule has 2 rings (SSSR count). The largest absolute Gasteiger partial charge is 0.319 e. The van der Waals surface area contributed by atoms with E-state index < -0.39 is 23.4 Å². The second-order valence-corrected chi connectivity index (χ2v) is 5.54. The van der Waals surface area contributed by atoms with E-state index in [1.165, 1.54) is 12.1 Å². The number of benzene rings is 2. The molecule has 0 spiro atoms. The Kier molecular flexibility index (Phi) is 4.49. The fourth-order valence-electron chi connectivity index (χ4n) is 1.45. The van der Waals surface area contributed by atoms with Crippen LogP contribution in [0.2, 0.25) is 0 Å². The summed E-state index contributed by atoms with van der Waals surface area (Å²) in [5.74, 6) is -3.01. The molecule has 0 aliphatic carbocycles. The first-order valence-corrected chi connectivity index (χ1v) is 6.88. The zero-order valence-corrected chi connectivity index (χ0v) is 12.9. The number of amides is 1. The second kappa shape index (κ2) is 5.97. The van der Waals surface area contributed by atoms with E-state index in [1.54, 1.807) is 0 Å². The van der Waals surface area contributed by atoms with Gasteiger partial charge in [0.15, 0.2) is 0 Å². The van der Waals surface area contributed by atoms with Crippen molar-refractivity contribution in [3.63, 3.8) is 0 Å². The predicted octanol–water partition coefficient (Wildman–Crippen LogP) is 4.88. The zero-order chi connectivity index (χ0) is 14.9. The first-order valence-electron chi connectivity index (χ1n) is 5.29. The number of carbonyl (C=O) groups excluding carboxylic acids is 1. The topological polar surface area (TPSA) is 29.1 Å². The molecule has 2 nitrogen and oxygen atoms in total. The molecule has 1 amide bonds. The summed E-state index contributed by atoms with van der Waals surface area (Å²) in [5.41, 5.74) is -0.183. The van der Waals surface area contributed by atoms with Crippen LogP contribution in [0.5, 0.6) is 0 Å². The van der Waals surface area contributed by atoms with Gasteiger partial charge in [0.1, 0.15) is 17.5 Å². The summed E-state index contributed by atoms with van der Waals surface area (Å²) < 4.78 is 40.1. The average molecular weight is 409 g/mol. The molecule has 7 heteroatoms. The van der Waals surface area contributed by atoms with Crippen molar-refractivity contribution in [1.82, 2.24) is 0 Å². The molecule has 0 fully saturated rings. The van der Waals surface area contributed by atoms with Gasteiger partial charge in [-0.3, -0.25) is 4.79 Å². The maximum Gasteiger partial charge on any atom is 0.255 e. The first kappa shape index (κ1) is 15.1. The standard InChI is InChI=1S/C13H6Br2F3NO/c14-7-2-1-6(3-9(7)16)13(20)19-12-4-8(15)10(17)5-11(12)18/h1-5H,(H,19,20). The fourth-order valence-corrected chi connectivity index (χ4v) is 2.04. The summed E-state index contributed by atoms with van der Waals surface area (Å²) in [6, 6.07) is 5.48. The molecule has 0 aromatic heterocycles. The van der Waals surface area contributed by atoms with E-state index in [4.69, 9.17) is 0 Å². The first-order chi connectivity index (χ1) is 9.38. The van der Waals surface area contributed by atoms with Crippen LogP contribution in [0.15, 0.2) is 39.3 Å². The van der Waals surface area contributed by atoms with Gasteiger partial charge in [-0.2, -0.15) is 0 Å². The SMILES string of the molecule is O=C(Nc1cc(Br)c(F)cc1F)c1ccc(Br)c(F)c1. The van der Waals surface area contributed by atoms with Crippen molar-refractivity contribution in [2.24, 2.45) is 0 Å². The van der Waals surface area contributed by atoms with Gasteiger partial charge in [0.25, 0.3) is 5.91 Å². The molecule has 2 aromatic rings. The molecule has 0 atom stereocenters. The maximum absolute atomic E-state index is 13.5. The number of rotatable bonds is 2. The Bertz CT molecular complexity index is 692. The van der Waals surface area contributed by atoms with Crippen LogP contribution in [-0.4, -0.2) is 5.91 Å². The molecule has 0 heterocycles. The normalized spacial score (nSPS) is 10.4. The lowest BCUT2D eigenvalue weighted by Crippen LogP contribution is -2.13. The molecule has 20 heavy (non-hydrogen) atoms. The molecule has 0 aliphatic rings. The number of halogens is 5. The molecule has 0 saturated heterocycles. The highest BCUT2D eigenvalue weighted by Crippen LogP contribution is 2.24. The quantitative estimate of drug-likeness (QED) is 0.705. The third kappa shape index (κ3) is 3.21. The lowest BCUT2D eigenvalue weighted by molar-refractivity contribution is 0.102. The number of anilines is 1. The lowest BCUT2D eigenvalue weighted by Gasteiger charge is -2.08. The number of nitrogens with one attached hydrogen (secondary N) is 1. The van der Waals surface area contributed by atoms with E-state index >= 15 is 0 Å². The van der Waals surface area contributed by atoms with Crippen LogP contribution >= 0.6 is 31.9 Å². The third-order valence-corrected chi connectivity index (χ3v) is 3.69. The molecule has 0 aliphatic heterocycles. The van der Waals surface area contributed by atoms with Crippen molar-refractivity contribution in [2.45, 2.75) is 0 Å². The van der Waals surface area contributed by atoms with Crippen LogP contribution < -0.4 is 5.32 Å². The van der Waals surface area contributed by atoms with Gasteiger partial charge in [-0.15, -0.1) is 0 Å². The van der Waals surface area contributed by atoms with Crippen LogP contribution in [-0.2, 0) is 0 Å². The molecule has 104 valence electrons. The van der Waals surface area contributed by atoms with Gasteiger partial charge in [-0.1, -0.05) is 0 Å². The zero-order valence-electron chi connectivity index (χ0n) is 9.68. The van der Waals surface area contributed by atoms with E-state index in [9.17, 15) is 18.0 Å². The van der Waals surface area contributed by atoms with E-state index in [1.807, 2.05) is 0 Å².